The van der Waals surface area contributed by atoms with Crippen LogP contribution in [0, 0.1) is 6.92 Å². The van der Waals surface area contributed by atoms with Gasteiger partial charge in [0.25, 0.3) is 0 Å². The van der Waals surface area contributed by atoms with Crippen LogP contribution in [0.15, 0.2) is 16.5 Å². The summed E-state index contributed by atoms with van der Waals surface area (Å²) in [5.74, 6) is 0.853. The summed E-state index contributed by atoms with van der Waals surface area (Å²) in [6, 6.07) is 1.26. The summed E-state index contributed by atoms with van der Waals surface area (Å²) in [6.45, 7) is 1.67. The van der Waals surface area contributed by atoms with Crippen molar-refractivity contribution in [2.75, 3.05) is 0 Å². The Kier molecular flexibility index (Phi) is 2.66. The molecule has 0 spiro atoms. The zero-order valence-corrected chi connectivity index (χ0v) is 7.06. The first kappa shape index (κ1) is 10.1. The lowest BCUT2D eigenvalue weighted by Crippen LogP contribution is -2.38. The van der Waals surface area contributed by atoms with Crippen molar-refractivity contribution in [1.82, 2.24) is 0 Å². The van der Waals surface area contributed by atoms with Gasteiger partial charge in [0.15, 0.2) is 0 Å². The summed E-state index contributed by atoms with van der Waals surface area (Å²) in [5.41, 5.74) is 4.91. The van der Waals surface area contributed by atoms with Crippen LogP contribution in [0.3, 0.4) is 0 Å². The summed E-state index contributed by atoms with van der Waals surface area (Å²) in [4.78, 5) is 0. The van der Waals surface area contributed by atoms with E-state index in [1.807, 2.05) is 0 Å². The van der Waals surface area contributed by atoms with Gasteiger partial charge in [0.2, 0.25) is 0 Å². The normalized spacial score (nSPS) is 14.5. The van der Waals surface area contributed by atoms with Crippen LogP contribution in [0.5, 0.6) is 0 Å². The molecular weight excluding hydrogens is 183 g/mol. The molecule has 0 bridgehead atoms. The molecule has 0 aliphatic heterocycles. The average Bonchev–Trinajstić information content (AvgIpc) is 2.33. The average molecular weight is 193 g/mol. The van der Waals surface area contributed by atoms with Gasteiger partial charge in [-0.1, -0.05) is 0 Å². The van der Waals surface area contributed by atoms with E-state index >= 15 is 0 Å². The Hall–Kier alpha value is -0.970. The van der Waals surface area contributed by atoms with Crippen LogP contribution >= 0.6 is 0 Å². The van der Waals surface area contributed by atoms with Crippen molar-refractivity contribution >= 4 is 0 Å². The molecule has 1 heterocycles. The van der Waals surface area contributed by atoms with E-state index in [-0.39, 0.29) is 12.2 Å². The maximum Gasteiger partial charge on any atom is 0.404 e. The largest absolute Gasteiger partial charge is 0.466 e. The number of rotatable bonds is 2. The van der Waals surface area contributed by atoms with E-state index in [1.54, 1.807) is 13.0 Å². The van der Waals surface area contributed by atoms with Crippen LogP contribution in [0.2, 0.25) is 0 Å². The lowest BCUT2D eigenvalue weighted by molar-refractivity contribution is -0.147. The number of hydrogen-bond donors (Lipinski definition) is 1. The fourth-order valence-corrected chi connectivity index (χ4v) is 0.927. The van der Waals surface area contributed by atoms with Gasteiger partial charge in [0.1, 0.15) is 17.6 Å². The van der Waals surface area contributed by atoms with Crippen LogP contribution < -0.4 is 5.73 Å². The Labute approximate surface area is 73.5 Å². The van der Waals surface area contributed by atoms with Gasteiger partial charge in [-0.05, 0) is 19.1 Å². The highest BCUT2D eigenvalue weighted by Gasteiger charge is 2.37. The lowest BCUT2D eigenvalue weighted by Gasteiger charge is -2.13. The van der Waals surface area contributed by atoms with E-state index in [0.29, 0.717) is 5.76 Å². The minimum atomic E-state index is -4.36. The van der Waals surface area contributed by atoms with E-state index in [9.17, 15) is 13.2 Å². The molecule has 0 radical (unpaired) electrons. The molecule has 13 heavy (non-hydrogen) atoms. The first-order chi connectivity index (χ1) is 5.89. The number of hydrogen-bond acceptors (Lipinski definition) is 2. The lowest BCUT2D eigenvalue weighted by atomic mass is 10.2. The molecule has 0 fully saturated rings. The summed E-state index contributed by atoms with van der Waals surface area (Å²) < 4.78 is 40.9. The van der Waals surface area contributed by atoms with E-state index < -0.39 is 12.2 Å². The molecule has 5 heteroatoms. The van der Waals surface area contributed by atoms with Crippen molar-refractivity contribution < 1.29 is 17.6 Å². The number of aryl methyl sites for hydroxylation is 1. The Morgan fingerprint density at radius 2 is 2.08 bits per heavy atom. The quantitative estimate of drug-likeness (QED) is 0.780. The molecule has 0 aromatic carbocycles. The Balaban J connectivity index is 2.60. The Bertz CT molecular complexity index is 279. The zero-order valence-electron chi connectivity index (χ0n) is 7.06. The van der Waals surface area contributed by atoms with E-state index in [4.69, 9.17) is 10.2 Å². The first-order valence-electron chi connectivity index (χ1n) is 3.77. The van der Waals surface area contributed by atoms with Gasteiger partial charge in [-0.15, -0.1) is 0 Å². The predicted molar refractivity (Wildman–Crippen MR) is 41.2 cm³/mol. The third-order valence-corrected chi connectivity index (χ3v) is 1.64. The third-order valence-electron chi connectivity index (χ3n) is 1.64. The summed E-state index contributed by atoms with van der Waals surface area (Å²) >= 11 is 0. The van der Waals surface area contributed by atoms with Crippen LogP contribution in [0.4, 0.5) is 13.2 Å². The Morgan fingerprint density at radius 3 is 2.46 bits per heavy atom. The van der Waals surface area contributed by atoms with Crippen molar-refractivity contribution in [1.29, 1.82) is 0 Å². The van der Waals surface area contributed by atoms with Crippen molar-refractivity contribution in [2.24, 2.45) is 5.73 Å². The predicted octanol–water partition coefficient (Wildman–Crippen LogP) is 2.02. The van der Waals surface area contributed by atoms with E-state index in [2.05, 4.69) is 0 Å². The number of furan rings is 1. The summed E-state index contributed by atoms with van der Waals surface area (Å²) in [6.07, 6.45) is -4.67. The van der Waals surface area contributed by atoms with Crippen LogP contribution in [0.1, 0.15) is 11.5 Å². The van der Waals surface area contributed by atoms with E-state index in [1.165, 1.54) is 6.07 Å². The van der Waals surface area contributed by atoms with Gasteiger partial charge in [-0.2, -0.15) is 13.2 Å². The number of alkyl halides is 3. The summed E-state index contributed by atoms with van der Waals surface area (Å²) in [7, 11) is 0. The van der Waals surface area contributed by atoms with Crippen LogP contribution in [-0.4, -0.2) is 12.2 Å². The Morgan fingerprint density at radius 1 is 1.46 bits per heavy atom. The molecule has 2 nitrogen and oxygen atoms in total. The number of nitrogens with two attached hydrogens (primary N) is 1. The maximum absolute atomic E-state index is 12.0. The third kappa shape index (κ3) is 2.77. The molecule has 1 atom stereocenters. The van der Waals surface area contributed by atoms with Crippen molar-refractivity contribution in [3.8, 4) is 0 Å². The monoisotopic (exact) mass is 193 g/mol. The minimum Gasteiger partial charge on any atom is -0.466 e. The fraction of sp³-hybridized carbons (Fsp3) is 0.500. The first-order valence-corrected chi connectivity index (χ1v) is 3.77. The SMILES string of the molecule is Cc1ccc(CC(N)C(F)(F)F)o1. The van der Waals surface area contributed by atoms with Gasteiger partial charge >= 0.3 is 6.18 Å². The van der Waals surface area contributed by atoms with Gasteiger partial charge in [0.05, 0.1) is 0 Å². The van der Waals surface area contributed by atoms with Gasteiger partial charge in [-0.25, -0.2) is 0 Å². The molecule has 0 saturated carbocycles. The molecule has 1 aromatic rings. The molecular formula is C8H10F3NO. The molecule has 2 N–H and O–H groups in total. The number of halogens is 3. The molecule has 1 unspecified atom stereocenters. The van der Waals surface area contributed by atoms with Crippen molar-refractivity contribution in [2.45, 2.75) is 25.6 Å². The second kappa shape index (κ2) is 3.41. The van der Waals surface area contributed by atoms with Gasteiger partial charge in [0, 0.05) is 6.42 Å². The highest BCUT2D eigenvalue weighted by atomic mass is 19.4. The molecule has 0 saturated heterocycles. The fourth-order valence-electron chi connectivity index (χ4n) is 0.927. The molecule has 0 aliphatic carbocycles. The van der Waals surface area contributed by atoms with Crippen LogP contribution in [-0.2, 0) is 6.42 Å². The molecule has 74 valence electrons. The van der Waals surface area contributed by atoms with Crippen LogP contribution in [0.25, 0.3) is 0 Å². The topological polar surface area (TPSA) is 39.2 Å². The standard InChI is InChI=1S/C8H10F3NO/c1-5-2-3-6(13-5)4-7(12)8(9,10)11/h2-3,7H,4,12H2,1H3. The second-order valence-corrected chi connectivity index (χ2v) is 2.86. The highest BCUT2D eigenvalue weighted by molar-refractivity contribution is 5.07. The van der Waals surface area contributed by atoms with Crippen molar-refractivity contribution in [3.63, 3.8) is 0 Å². The van der Waals surface area contributed by atoms with Gasteiger partial charge in [-0.3, -0.25) is 0 Å². The van der Waals surface area contributed by atoms with E-state index in [0.717, 1.165) is 0 Å². The maximum atomic E-state index is 12.0. The molecule has 0 aliphatic rings. The zero-order chi connectivity index (χ0) is 10.1. The molecule has 1 rings (SSSR count). The smallest absolute Gasteiger partial charge is 0.404 e. The van der Waals surface area contributed by atoms with Crippen molar-refractivity contribution in [3.05, 3.63) is 23.7 Å². The molecule has 0 amide bonds. The second-order valence-electron chi connectivity index (χ2n) is 2.86. The molecule has 1 aromatic heterocycles. The summed E-state index contributed by atoms with van der Waals surface area (Å²) in [5, 5.41) is 0. The highest BCUT2D eigenvalue weighted by Crippen LogP contribution is 2.21. The minimum absolute atomic E-state index is 0.266. The van der Waals surface area contributed by atoms with Gasteiger partial charge < -0.3 is 10.2 Å².